The van der Waals surface area contributed by atoms with Gasteiger partial charge in [-0.25, -0.2) is 4.98 Å². The van der Waals surface area contributed by atoms with Crippen LogP contribution in [-0.4, -0.2) is 17.8 Å². The fraction of sp³-hybridized carbons (Fsp3) is 0.357. The summed E-state index contributed by atoms with van der Waals surface area (Å²) in [6.07, 6.45) is 0.995. The SMILES string of the molecule is COc1ccc(CCSc2nc(C)c(C)o2)cc1. The first kappa shape index (κ1) is 13.0. The van der Waals surface area contributed by atoms with E-state index >= 15 is 0 Å². The van der Waals surface area contributed by atoms with Crippen molar-refractivity contribution in [2.75, 3.05) is 12.9 Å². The molecular weight excluding hydrogens is 246 g/mol. The van der Waals surface area contributed by atoms with Crippen LogP contribution in [0.1, 0.15) is 17.0 Å². The summed E-state index contributed by atoms with van der Waals surface area (Å²) in [6.45, 7) is 3.90. The van der Waals surface area contributed by atoms with Gasteiger partial charge in [0, 0.05) is 5.75 Å². The second-order valence-corrected chi connectivity index (χ2v) is 5.11. The lowest BCUT2D eigenvalue weighted by atomic mass is 10.2. The Balaban J connectivity index is 1.84. The molecule has 0 fully saturated rings. The van der Waals surface area contributed by atoms with Crippen LogP contribution in [0.25, 0.3) is 0 Å². The van der Waals surface area contributed by atoms with Gasteiger partial charge in [0.05, 0.1) is 12.8 Å². The molecule has 2 aromatic rings. The Morgan fingerprint density at radius 2 is 1.94 bits per heavy atom. The van der Waals surface area contributed by atoms with Gasteiger partial charge < -0.3 is 9.15 Å². The first-order valence-electron chi connectivity index (χ1n) is 5.89. The molecule has 0 atom stereocenters. The van der Waals surface area contributed by atoms with Gasteiger partial charge in [0.1, 0.15) is 11.5 Å². The Bertz CT molecular complexity index is 486. The van der Waals surface area contributed by atoms with Crippen molar-refractivity contribution in [1.29, 1.82) is 0 Å². The lowest BCUT2D eigenvalue weighted by Gasteiger charge is -2.02. The van der Waals surface area contributed by atoms with Crippen LogP contribution in [-0.2, 0) is 6.42 Å². The number of rotatable bonds is 5. The average Bonchev–Trinajstić information content (AvgIpc) is 2.69. The molecule has 0 aliphatic heterocycles. The second kappa shape index (κ2) is 5.96. The molecule has 0 aliphatic rings. The smallest absolute Gasteiger partial charge is 0.256 e. The average molecular weight is 263 g/mol. The first-order valence-corrected chi connectivity index (χ1v) is 6.87. The van der Waals surface area contributed by atoms with E-state index in [1.165, 1.54) is 5.56 Å². The van der Waals surface area contributed by atoms with E-state index < -0.39 is 0 Å². The number of aromatic nitrogens is 1. The van der Waals surface area contributed by atoms with Crippen molar-refractivity contribution in [1.82, 2.24) is 4.98 Å². The molecule has 1 heterocycles. The molecule has 0 N–H and O–H groups in total. The number of oxazole rings is 1. The van der Waals surface area contributed by atoms with Gasteiger partial charge in [0.2, 0.25) is 0 Å². The van der Waals surface area contributed by atoms with Crippen LogP contribution in [0.15, 0.2) is 33.9 Å². The molecule has 1 aromatic carbocycles. The lowest BCUT2D eigenvalue weighted by molar-refractivity contribution is 0.414. The zero-order valence-electron chi connectivity index (χ0n) is 10.9. The standard InChI is InChI=1S/C14H17NO2S/c1-10-11(2)17-14(15-10)18-9-8-12-4-6-13(16-3)7-5-12/h4-7H,8-9H2,1-3H3. The van der Waals surface area contributed by atoms with Crippen LogP contribution in [0.4, 0.5) is 0 Å². The van der Waals surface area contributed by atoms with E-state index in [9.17, 15) is 0 Å². The highest BCUT2D eigenvalue weighted by atomic mass is 32.2. The summed E-state index contributed by atoms with van der Waals surface area (Å²) >= 11 is 1.65. The molecule has 0 amide bonds. The highest BCUT2D eigenvalue weighted by Gasteiger charge is 2.05. The fourth-order valence-corrected chi connectivity index (χ4v) is 2.45. The summed E-state index contributed by atoms with van der Waals surface area (Å²) in [5.41, 5.74) is 2.27. The molecule has 0 aliphatic carbocycles. The number of aryl methyl sites for hydroxylation is 3. The molecule has 96 valence electrons. The van der Waals surface area contributed by atoms with Crippen LogP contribution in [0.5, 0.6) is 5.75 Å². The molecule has 0 spiro atoms. The molecule has 0 saturated heterocycles. The van der Waals surface area contributed by atoms with Crippen molar-refractivity contribution >= 4 is 11.8 Å². The van der Waals surface area contributed by atoms with E-state index in [1.54, 1.807) is 18.9 Å². The van der Waals surface area contributed by atoms with Gasteiger partial charge in [-0.3, -0.25) is 0 Å². The van der Waals surface area contributed by atoms with Crippen LogP contribution in [0.3, 0.4) is 0 Å². The molecule has 4 heteroatoms. The minimum atomic E-state index is 0.763. The summed E-state index contributed by atoms with van der Waals surface area (Å²) in [5.74, 6) is 2.76. The van der Waals surface area contributed by atoms with Gasteiger partial charge in [-0.2, -0.15) is 0 Å². The maximum atomic E-state index is 5.52. The molecule has 0 radical (unpaired) electrons. The molecule has 3 nitrogen and oxygen atoms in total. The number of nitrogens with zero attached hydrogens (tertiary/aromatic N) is 1. The Morgan fingerprint density at radius 3 is 2.50 bits per heavy atom. The zero-order chi connectivity index (χ0) is 13.0. The third-order valence-electron chi connectivity index (χ3n) is 2.78. The lowest BCUT2D eigenvalue weighted by Crippen LogP contribution is -1.89. The molecular formula is C14H17NO2S. The van der Waals surface area contributed by atoms with Crippen molar-refractivity contribution in [3.05, 3.63) is 41.3 Å². The largest absolute Gasteiger partial charge is 0.497 e. The minimum Gasteiger partial charge on any atom is -0.497 e. The van der Waals surface area contributed by atoms with E-state index in [0.717, 1.165) is 34.6 Å². The van der Waals surface area contributed by atoms with Gasteiger partial charge in [0.15, 0.2) is 0 Å². The number of methoxy groups -OCH3 is 1. The van der Waals surface area contributed by atoms with Crippen LogP contribution >= 0.6 is 11.8 Å². The Hall–Kier alpha value is -1.42. The van der Waals surface area contributed by atoms with E-state index in [4.69, 9.17) is 9.15 Å². The zero-order valence-corrected chi connectivity index (χ0v) is 11.7. The van der Waals surface area contributed by atoms with Gasteiger partial charge in [-0.05, 0) is 38.0 Å². The number of hydrogen-bond donors (Lipinski definition) is 0. The van der Waals surface area contributed by atoms with Crippen LogP contribution < -0.4 is 4.74 Å². The summed E-state index contributed by atoms with van der Waals surface area (Å²) in [5, 5.41) is 0.763. The second-order valence-electron chi connectivity index (χ2n) is 4.07. The van der Waals surface area contributed by atoms with Crippen molar-refractivity contribution in [2.24, 2.45) is 0 Å². The van der Waals surface area contributed by atoms with Crippen molar-refractivity contribution in [3.8, 4) is 5.75 Å². The van der Waals surface area contributed by atoms with Gasteiger partial charge in [-0.1, -0.05) is 23.9 Å². The maximum absolute atomic E-state index is 5.52. The van der Waals surface area contributed by atoms with Crippen LogP contribution in [0.2, 0.25) is 0 Å². The highest BCUT2D eigenvalue weighted by Crippen LogP contribution is 2.21. The van der Waals surface area contributed by atoms with Crippen LogP contribution in [0, 0.1) is 13.8 Å². The molecule has 0 saturated carbocycles. The van der Waals surface area contributed by atoms with Gasteiger partial charge in [-0.15, -0.1) is 0 Å². The highest BCUT2D eigenvalue weighted by molar-refractivity contribution is 7.99. The van der Waals surface area contributed by atoms with Crippen molar-refractivity contribution in [2.45, 2.75) is 25.5 Å². The topological polar surface area (TPSA) is 35.3 Å². The molecule has 18 heavy (non-hydrogen) atoms. The predicted molar refractivity (Wildman–Crippen MR) is 73.4 cm³/mol. The van der Waals surface area contributed by atoms with Crippen molar-refractivity contribution < 1.29 is 9.15 Å². The first-order chi connectivity index (χ1) is 8.69. The Kier molecular flexibility index (Phi) is 4.31. The maximum Gasteiger partial charge on any atom is 0.256 e. The monoisotopic (exact) mass is 263 g/mol. The third kappa shape index (κ3) is 3.29. The number of hydrogen-bond acceptors (Lipinski definition) is 4. The molecule has 0 unspecified atom stereocenters. The van der Waals surface area contributed by atoms with Gasteiger partial charge >= 0.3 is 0 Å². The predicted octanol–water partition coefficient (Wildman–Crippen LogP) is 3.63. The number of thioether (sulfide) groups is 1. The molecule has 0 bridgehead atoms. The van der Waals surface area contributed by atoms with E-state index in [-0.39, 0.29) is 0 Å². The Morgan fingerprint density at radius 1 is 1.22 bits per heavy atom. The van der Waals surface area contributed by atoms with Gasteiger partial charge in [0.25, 0.3) is 5.22 Å². The summed E-state index contributed by atoms with van der Waals surface area (Å²) < 4.78 is 10.6. The van der Waals surface area contributed by atoms with Crippen molar-refractivity contribution in [3.63, 3.8) is 0 Å². The fourth-order valence-electron chi connectivity index (χ4n) is 1.55. The summed E-state index contributed by atoms with van der Waals surface area (Å²) in [6, 6.07) is 8.15. The van der Waals surface area contributed by atoms with E-state index in [0.29, 0.717) is 0 Å². The normalized spacial score (nSPS) is 10.6. The van der Waals surface area contributed by atoms with E-state index in [1.807, 2.05) is 26.0 Å². The van der Waals surface area contributed by atoms with E-state index in [2.05, 4.69) is 17.1 Å². The quantitative estimate of drug-likeness (QED) is 0.772. The Labute approximate surface area is 112 Å². The number of ether oxygens (including phenoxy) is 1. The summed E-state index contributed by atoms with van der Waals surface area (Å²) in [7, 11) is 1.68. The minimum absolute atomic E-state index is 0.763. The third-order valence-corrected chi connectivity index (χ3v) is 3.61. The summed E-state index contributed by atoms with van der Waals surface area (Å²) in [4.78, 5) is 4.35. The molecule has 2 rings (SSSR count). The number of benzene rings is 1. The molecule has 1 aromatic heterocycles.